The summed E-state index contributed by atoms with van der Waals surface area (Å²) < 4.78 is 0. The summed E-state index contributed by atoms with van der Waals surface area (Å²) in [7, 11) is 0. The van der Waals surface area contributed by atoms with E-state index in [9.17, 15) is 14.9 Å². The molecule has 0 aliphatic heterocycles. The first-order valence-corrected chi connectivity index (χ1v) is 10.8. The second kappa shape index (κ2) is 7.09. The number of thioether (sulfide) groups is 1. The van der Waals surface area contributed by atoms with Crippen molar-refractivity contribution >= 4 is 34.4 Å². The van der Waals surface area contributed by atoms with Gasteiger partial charge < -0.3 is 10.3 Å². The predicted octanol–water partition coefficient (Wildman–Crippen LogP) is 4.00. The summed E-state index contributed by atoms with van der Waals surface area (Å²) in [6.07, 6.45) is 2.00. The molecule has 0 fully saturated rings. The van der Waals surface area contributed by atoms with E-state index in [1.54, 1.807) is 36.0 Å². The molecular weight excluding hydrogens is 382 g/mol. The summed E-state index contributed by atoms with van der Waals surface area (Å²) in [5.74, 6) is 0.662. The van der Waals surface area contributed by atoms with Crippen LogP contribution in [0.1, 0.15) is 56.9 Å². The lowest BCUT2D eigenvalue weighted by Gasteiger charge is -2.32. The molecule has 146 valence electrons. The van der Waals surface area contributed by atoms with Gasteiger partial charge in [-0.15, -0.1) is 0 Å². The minimum absolute atomic E-state index is 0.0559. The van der Waals surface area contributed by atoms with Crippen LogP contribution in [0.15, 0.2) is 36.4 Å². The Kier molecular flexibility index (Phi) is 4.71. The monoisotopic (exact) mass is 403 g/mol. The van der Waals surface area contributed by atoms with E-state index in [2.05, 4.69) is 16.4 Å². The van der Waals surface area contributed by atoms with Crippen LogP contribution in [0.3, 0.4) is 0 Å². The van der Waals surface area contributed by atoms with Crippen molar-refractivity contribution in [2.75, 3.05) is 18.6 Å². The number of nitrogens with zero attached hydrogens (tertiary/aromatic N) is 1. The molecule has 0 bridgehead atoms. The molecule has 2 aromatic carbocycles. The lowest BCUT2D eigenvalue weighted by molar-refractivity contribution is 0.0954. The molecular formula is C23H21N3O2S. The molecule has 1 aliphatic carbocycles. The Morgan fingerprint density at radius 3 is 2.76 bits per heavy atom. The maximum absolute atomic E-state index is 13.3. The van der Waals surface area contributed by atoms with Crippen molar-refractivity contribution in [1.29, 1.82) is 5.26 Å². The molecule has 5 nitrogen and oxygen atoms in total. The lowest BCUT2D eigenvalue weighted by atomic mass is 9.71. The molecule has 0 unspecified atom stereocenters. The summed E-state index contributed by atoms with van der Waals surface area (Å²) in [6, 6.07) is 12.8. The van der Waals surface area contributed by atoms with Crippen molar-refractivity contribution in [2.45, 2.75) is 19.3 Å². The number of fused-ring (bicyclic) bond motifs is 4. The average molecular weight is 404 g/mol. The maximum Gasteiger partial charge on any atom is 0.251 e. The van der Waals surface area contributed by atoms with Crippen LogP contribution in [-0.2, 0) is 5.41 Å². The third-order valence-corrected chi connectivity index (χ3v) is 6.18. The van der Waals surface area contributed by atoms with Gasteiger partial charge in [0, 0.05) is 45.4 Å². The van der Waals surface area contributed by atoms with E-state index in [1.165, 1.54) is 0 Å². The normalized spacial score (nSPS) is 14.2. The molecule has 4 rings (SSSR count). The first-order valence-electron chi connectivity index (χ1n) is 9.41. The summed E-state index contributed by atoms with van der Waals surface area (Å²) in [5.41, 5.74) is 4.31. The highest BCUT2D eigenvalue weighted by Crippen LogP contribution is 2.43. The van der Waals surface area contributed by atoms with Gasteiger partial charge in [-0.3, -0.25) is 9.59 Å². The second-order valence-corrected chi connectivity index (χ2v) is 8.70. The topological polar surface area (TPSA) is 85.8 Å². The van der Waals surface area contributed by atoms with E-state index >= 15 is 0 Å². The Morgan fingerprint density at radius 1 is 1.24 bits per heavy atom. The Labute approximate surface area is 173 Å². The summed E-state index contributed by atoms with van der Waals surface area (Å²) in [4.78, 5) is 29.2. The number of aromatic amines is 1. The standard InChI is InChI=1S/C23H21N3O2S/c1-23(2)17-11-14(22(28)25-8-9-29-3)5-7-15(17)20(27)19-16-6-4-13(12-24)10-18(16)26-21(19)23/h4-7,10-11,26H,8-9H2,1-3H3,(H,25,28). The largest absolute Gasteiger partial charge is 0.357 e. The van der Waals surface area contributed by atoms with Gasteiger partial charge in [-0.2, -0.15) is 17.0 Å². The number of nitrogens with one attached hydrogen (secondary N) is 2. The summed E-state index contributed by atoms with van der Waals surface area (Å²) in [5, 5.41) is 12.9. The van der Waals surface area contributed by atoms with Gasteiger partial charge >= 0.3 is 0 Å². The van der Waals surface area contributed by atoms with Crippen LogP contribution in [0.25, 0.3) is 10.9 Å². The highest BCUT2D eigenvalue weighted by Gasteiger charge is 2.39. The van der Waals surface area contributed by atoms with E-state index in [0.717, 1.165) is 27.9 Å². The highest BCUT2D eigenvalue weighted by molar-refractivity contribution is 7.98. The van der Waals surface area contributed by atoms with Crippen LogP contribution in [0.4, 0.5) is 0 Å². The minimum atomic E-state index is -0.486. The minimum Gasteiger partial charge on any atom is -0.357 e. The Balaban J connectivity index is 1.82. The zero-order chi connectivity index (χ0) is 20.8. The second-order valence-electron chi connectivity index (χ2n) is 7.71. The number of aromatic nitrogens is 1. The van der Waals surface area contributed by atoms with Crippen LogP contribution >= 0.6 is 11.8 Å². The maximum atomic E-state index is 13.3. The first kappa shape index (κ1) is 19.3. The number of benzene rings is 2. The molecule has 0 saturated heterocycles. The fraction of sp³-hybridized carbons (Fsp3) is 0.261. The molecule has 6 heteroatoms. The molecule has 3 aromatic rings. The van der Waals surface area contributed by atoms with E-state index < -0.39 is 5.41 Å². The predicted molar refractivity (Wildman–Crippen MR) is 116 cm³/mol. The van der Waals surface area contributed by atoms with Crippen molar-refractivity contribution in [3.8, 4) is 6.07 Å². The van der Waals surface area contributed by atoms with Crippen LogP contribution in [0.2, 0.25) is 0 Å². The van der Waals surface area contributed by atoms with E-state index in [4.69, 9.17) is 0 Å². The fourth-order valence-electron chi connectivity index (χ4n) is 4.01. The molecule has 1 heterocycles. The van der Waals surface area contributed by atoms with Crippen molar-refractivity contribution in [3.63, 3.8) is 0 Å². The zero-order valence-corrected chi connectivity index (χ0v) is 17.4. The number of hydrogen-bond acceptors (Lipinski definition) is 4. The van der Waals surface area contributed by atoms with Gasteiger partial charge in [-0.05, 0) is 42.2 Å². The third-order valence-electron chi connectivity index (χ3n) is 5.57. The van der Waals surface area contributed by atoms with Gasteiger partial charge in [-0.1, -0.05) is 19.9 Å². The first-order chi connectivity index (χ1) is 13.9. The number of rotatable bonds is 4. The van der Waals surface area contributed by atoms with E-state index in [-0.39, 0.29) is 11.7 Å². The van der Waals surface area contributed by atoms with Crippen LogP contribution in [0.5, 0.6) is 0 Å². The van der Waals surface area contributed by atoms with Crippen molar-refractivity contribution < 1.29 is 9.59 Å². The highest BCUT2D eigenvalue weighted by atomic mass is 32.2. The molecule has 2 N–H and O–H groups in total. The zero-order valence-electron chi connectivity index (χ0n) is 16.6. The number of carbonyl (C=O) groups is 2. The SMILES string of the molecule is CSCCNC(=O)c1ccc2c(c1)C(C)(C)c1[nH]c3cc(C#N)ccc3c1C2=O. The molecule has 0 atom stereocenters. The van der Waals surface area contributed by atoms with Gasteiger partial charge in [0.15, 0.2) is 5.78 Å². The number of ketones is 1. The fourth-order valence-corrected chi connectivity index (χ4v) is 4.32. The number of nitriles is 1. The summed E-state index contributed by atoms with van der Waals surface area (Å²) >= 11 is 1.67. The van der Waals surface area contributed by atoms with Crippen molar-refractivity contribution in [1.82, 2.24) is 10.3 Å². The van der Waals surface area contributed by atoms with Crippen LogP contribution in [0, 0.1) is 11.3 Å². The molecule has 1 aliphatic rings. The van der Waals surface area contributed by atoms with Crippen molar-refractivity contribution in [2.24, 2.45) is 0 Å². The van der Waals surface area contributed by atoms with Gasteiger partial charge in [0.25, 0.3) is 5.91 Å². The van der Waals surface area contributed by atoms with Gasteiger partial charge in [-0.25, -0.2) is 0 Å². The van der Waals surface area contributed by atoms with E-state index in [1.807, 2.05) is 32.2 Å². The lowest BCUT2D eigenvalue weighted by Crippen LogP contribution is -2.32. The number of hydrogen-bond donors (Lipinski definition) is 2. The van der Waals surface area contributed by atoms with Crippen LogP contribution < -0.4 is 5.32 Å². The Hall–Kier alpha value is -3.04. The summed E-state index contributed by atoms with van der Waals surface area (Å²) in [6.45, 7) is 4.70. The van der Waals surface area contributed by atoms with Gasteiger partial charge in [0.05, 0.1) is 17.2 Å². The van der Waals surface area contributed by atoms with Gasteiger partial charge in [0.1, 0.15) is 0 Å². The van der Waals surface area contributed by atoms with Crippen molar-refractivity contribution in [3.05, 3.63) is 69.9 Å². The molecule has 1 amide bonds. The van der Waals surface area contributed by atoms with E-state index in [0.29, 0.717) is 28.8 Å². The Morgan fingerprint density at radius 2 is 2.03 bits per heavy atom. The third kappa shape index (κ3) is 3.02. The number of carbonyl (C=O) groups excluding carboxylic acids is 2. The molecule has 1 aromatic heterocycles. The Bertz CT molecular complexity index is 1200. The molecule has 0 spiro atoms. The van der Waals surface area contributed by atoms with Crippen LogP contribution in [-0.4, -0.2) is 35.2 Å². The number of H-pyrrole nitrogens is 1. The smallest absolute Gasteiger partial charge is 0.251 e. The van der Waals surface area contributed by atoms with Gasteiger partial charge in [0.2, 0.25) is 0 Å². The number of amides is 1. The molecule has 0 radical (unpaired) electrons. The molecule has 0 saturated carbocycles. The molecule has 29 heavy (non-hydrogen) atoms. The quantitative estimate of drug-likeness (QED) is 0.645. The average Bonchev–Trinajstić information content (AvgIpc) is 3.12.